The van der Waals surface area contributed by atoms with Gasteiger partial charge in [0.2, 0.25) is 0 Å². The lowest BCUT2D eigenvalue weighted by Crippen LogP contribution is -2.30. The highest BCUT2D eigenvalue weighted by atomic mass is 32.2. The van der Waals surface area contributed by atoms with Crippen molar-refractivity contribution in [1.82, 2.24) is 9.55 Å². The second-order valence-corrected chi connectivity index (χ2v) is 7.15. The highest BCUT2D eigenvalue weighted by molar-refractivity contribution is 7.99. The van der Waals surface area contributed by atoms with Crippen LogP contribution in [0.1, 0.15) is 30.0 Å². The van der Waals surface area contributed by atoms with Crippen molar-refractivity contribution in [3.8, 4) is 0 Å². The first kappa shape index (κ1) is 16.4. The van der Waals surface area contributed by atoms with E-state index in [-0.39, 0.29) is 11.8 Å². The van der Waals surface area contributed by atoms with Crippen LogP contribution < -0.4 is 5.56 Å². The lowest BCUT2D eigenvalue weighted by atomic mass is 9.98. The van der Waals surface area contributed by atoms with E-state index in [1.54, 1.807) is 23.4 Å². The predicted molar refractivity (Wildman–Crippen MR) is 101 cm³/mol. The number of hydrogen-bond donors (Lipinski definition) is 0. The molecule has 0 amide bonds. The molecule has 1 unspecified atom stereocenters. The standard InChI is InChI=1S/C20H20N2O2S/c1-3-15-17(21-20-22(19(15)23)18(24-2)12-25-20)11-14-9-6-8-13-7-4-5-10-16(13)14/h4-10,18H,3,11-12H2,1-2H3. The molecule has 1 aliphatic rings. The third-order valence-corrected chi connectivity index (χ3v) is 5.77. The summed E-state index contributed by atoms with van der Waals surface area (Å²) in [6.45, 7) is 2.02. The van der Waals surface area contributed by atoms with Crippen molar-refractivity contribution in [1.29, 1.82) is 0 Å². The Morgan fingerprint density at radius 3 is 2.84 bits per heavy atom. The van der Waals surface area contributed by atoms with Crippen LogP contribution in [-0.2, 0) is 17.6 Å². The van der Waals surface area contributed by atoms with Crippen LogP contribution in [0.25, 0.3) is 10.8 Å². The normalized spacial score (nSPS) is 16.3. The summed E-state index contributed by atoms with van der Waals surface area (Å²) < 4.78 is 7.14. The molecule has 128 valence electrons. The molecule has 0 saturated heterocycles. The van der Waals surface area contributed by atoms with Gasteiger partial charge in [0.15, 0.2) is 5.16 Å². The maximum atomic E-state index is 13.0. The predicted octanol–water partition coefficient (Wildman–Crippen LogP) is 3.80. The first-order valence-electron chi connectivity index (χ1n) is 8.49. The van der Waals surface area contributed by atoms with Crippen LogP contribution in [0.5, 0.6) is 0 Å². The molecule has 0 N–H and O–H groups in total. The molecule has 3 aromatic rings. The summed E-state index contributed by atoms with van der Waals surface area (Å²) in [5.41, 5.74) is 2.93. The average Bonchev–Trinajstić information content (AvgIpc) is 3.05. The number of benzene rings is 2. The fraction of sp³-hybridized carbons (Fsp3) is 0.300. The van der Waals surface area contributed by atoms with Gasteiger partial charge < -0.3 is 4.74 Å². The number of hydrogen-bond acceptors (Lipinski definition) is 4. The lowest BCUT2D eigenvalue weighted by molar-refractivity contribution is 0.0583. The summed E-state index contributed by atoms with van der Waals surface area (Å²) >= 11 is 1.59. The maximum Gasteiger partial charge on any atom is 0.259 e. The van der Waals surface area contributed by atoms with E-state index in [4.69, 9.17) is 9.72 Å². The van der Waals surface area contributed by atoms with Gasteiger partial charge in [0.05, 0.1) is 5.69 Å². The van der Waals surface area contributed by atoms with E-state index in [9.17, 15) is 4.79 Å². The summed E-state index contributed by atoms with van der Waals surface area (Å²) in [7, 11) is 1.64. The average molecular weight is 352 g/mol. The zero-order valence-electron chi connectivity index (χ0n) is 14.4. The van der Waals surface area contributed by atoms with E-state index >= 15 is 0 Å². The topological polar surface area (TPSA) is 44.1 Å². The zero-order chi connectivity index (χ0) is 17.4. The van der Waals surface area contributed by atoms with Crippen molar-refractivity contribution in [3.05, 3.63) is 69.6 Å². The third kappa shape index (κ3) is 2.77. The summed E-state index contributed by atoms with van der Waals surface area (Å²) in [6, 6.07) is 14.7. The van der Waals surface area contributed by atoms with Crippen molar-refractivity contribution >= 4 is 22.5 Å². The van der Waals surface area contributed by atoms with Crippen LogP contribution >= 0.6 is 11.8 Å². The SMILES string of the molecule is CCc1c(Cc2cccc3ccccc23)nc2n(c1=O)C(OC)CS2. The molecule has 0 aliphatic carbocycles. The van der Waals surface area contributed by atoms with Crippen LogP contribution in [0.4, 0.5) is 0 Å². The zero-order valence-corrected chi connectivity index (χ0v) is 15.2. The largest absolute Gasteiger partial charge is 0.360 e. The minimum absolute atomic E-state index is 0.0413. The summed E-state index contributed by atoms with van der Waals surface area (Å²) in [6.07, 6.45) is 1.14. The van der Waals surface area contributed by atoms with Gasteiger partial charge in [-0.3, -0.25) is 9.36 Å². The Bertz CT molecular complexity index is 991. The first-order chi connectivity index (χ1) is 12.2. The molecule has 0 radical (unpaired) electrons. The van der Waals surface area contributed by atoms with Crippen molar-refractivity contribution in [3.63, 3.8) is 0 Å². The third-order valence-electron chi connectivity index (χ3n) is 4.77. The molecule has 1 aromatic heterocycles. The molecule has 1 aliphatic heterocycles. The highest BCUT2D eigenvalue weighted by Gasteiger charge is 2.27. The monoisotopic (exact) mass is 352 g/mol. The van der Waals surface area contributed by atoms with Gasteiger partial charge in [0.1, 0.15) is 6.23 Å². The molecule has 2 heterocycles. The van der Waals surface area contributed by atoms with Crippen LogP contribution in [0.15, 0.2) is 52.4 Å². The van der Waals surface area contributed by atoms with E-state index < -0.39 is 0 Å². The quantitative estimate of drug-likeness (QED) is 0.670. The summed E-state index contributed by atoms with van der Waals surface area (Å²) in [4.78, 5) is 17.8. The summed E-state index contributed by atoms with van der Waals surface area (Å²) in [5.74, 6) is 0.736. The molecule has 5 heteroatoms. The number of aromatic nitrogens is 2. The molecule has 0 bridgehead atoms. The Morgan fingerprint density at radius 1 is 1.24 bits per heavy atom. The Labute approximate surface area is 150 Å². The molecular formula is C20H20N2O2S. The summed E-state index contributed by atoms with van der Waals surface area (Å²) in [5, 5.41) is 3.20. The van der Waals surface area contributed by atoms with Gasteiger partial charge in [-0.25, -0.2) is 4.98 Å². The van der Waals surface area contributed by atoms with Gasteiger partial charge in [-0.05, 0) is 22.8 Å². The van der Waals surface area contributed by atoms with Crippen molar-refractivity contribution in [2.75, 3.05) is 12.9 Å². The number of fused-ring (bicyclic) bond motifs is 2. The van der Waals surface area contributed by atoms with Crippen LogP contribution in [0.3, 0.4) is 0 Å². The van der Waals surface area contributed by atoms with E-state index in [0.29, 0.717) is 12.8 Å². The van der Waals surface area contributed by atoms with Gasteiger partial charge in [-0.1, -0.05) is 61.2 Å². The number of ether oxygens (including phenoxy) is 1. The van der Waals surface area contributed by atoms with Gasteiger partial charge in [0, 0.05) is 24.8 Å². The molecule has 0 saturated carbocycles. The van der Waals surface area contributed by atoms with E-state index in [1.807, 2.05) is 13.0 Å². The van der Waals surface area contributed by atoms with Crippen molar-refractivity contribution in [2.24, 2.45) is 0 Å². The Hall–Kier alpha value is -2.11. The molecule has 4 nitrogen and oxygen atoms in total. The fourth-order valence-electron chi connectivity index (χ4n) is 3.47. The first-order valence-corrected chi connectivity index (χ1v) is 9.48. The van der Waals surface area contributed by atoms with E-state index in [0.717, 1.165) is 22.2 Å². The van der Waals surface area contributed by atoms with Gasteiger partial charge in [-0.2, -0.15) is 0 Å². The minimum atomic E-state index is -0.211. The van der Waals surface area contributed by atoms with Crippen molar-refractivity contribution < 1.29 is 4.74 Å². The number of thioether (sulfide) groups is 1. The maximum absolute atomic E-state index is 13.0. The van der Waals surface area contributed by atoms with Crippen molar-refractivity contribution in [2.45, 2.75) is 31.1 Å². The van der Waals surface area contributed by atoms with Crippen LogP contribution in [0, 0.1) is 0 Å². The molecule has 0 fully saturated rings. The van der Waals surface area contributed by atoms with Gasteiger partial charge in [-0.15, -0.1) is 0 Å². The number of nitrogens with zero attached hydrogens (tertiary/aromatic N) is 2. The van der Waals surface area contributed by atoms with Gasteiger partial charge in [0.25, 0.3) is 5.56 Å². The molecule has 0 spiro atoms. The van der Waals surface area contributed by atoms with Gasteiger partial charge >= 0.3 is 0 Å². The van der Waals surface area contributed by atoms with Crippen LogP contribution in [-0.4, -0.2) is 22.4 Å². The Morgan fingerprint density at radius 2 is 2.04 bits per heavy atom. The number of rotatable bonds is 4. The smallest absolute Gasteiger partial charge is 0.259 e. The molecule has 25 heavy (non-hydrogen) atoms. The molecule has 1 atom stereocenters. The molecule has 2 aromatic carbocycles. The fourth-order valence-corrected chi connectivity index (χ4v) is 4.56. The second-order valence-electron chi connectivity index (χ2n) is 6.16. The van der Waals surface area contributed by atoms with Crippen LogP contribution in [0.2, 0.25) is 0 Å². The lowest BCUT2D eigenvalue weighted by Gasteiger charge is -2.15. The molecule has 4 rings (SSSR count). The Kier molecular flexibility index (Phi) is 4.36. The minimum Gasteiger partial charge on any atom is -0.360 e. The highest BCUT2D eigenvalue weighted by Crippen LogP contribution is 2.31. The van der Waals surface area contributed by atoms with E-state index in [1.165, 1.54) is 16.3 Å². The Balaban J connectivity index is 1.84. The second kappa shape index (κ2) is 6.65. The molecular weight excluding hydrogens is 332 g/mol. The number of methoxy groups -OCH3 is 1. The van der Waals surface area contributed by atoms with E-state index in [2.05, 4.69) is 36.4 Å².